The Hall–Kier alpha value is -6.50. The van der Waals surface area contributed by atoms with Gasteiger partial charge in [0.15, 0.2) is 11.6 Å². The molecule has 5 aromatic heterocycles. The van der Waals surface area contributed by atoms with Crippen molar-refractivity contribution in [1.82, 2.24) is 34.5 Å². The molecule has 0 saturated carbocycles. The Balaban J connectivity index is 0.000000144. The van der Waals surface area contributed by atoms with Crippen LogP contribution in [0.25, 0.3) is 33.4 Å². The maximum atomic E-state index is 12.1. The number of hydrogen-bond acceptors (Lipinski definition) is 10. The molecule has 2 N–H and O–H groups in total. The first-order valence-electron chi connectivity index (χ1n) is 18.3. The maximum absolute atomic E-state index is 12.1. The number of pyridine rings is 3. The van der Waals surface area contributed by atoms with Gasteiger partial charge in [0.05, 0.1) is 47.6 Å². The molecule has 0 radical (unpaired) electrons. The van der Waals surface area contributed by atoms with Crippen molar-refractivity contribution >= 4 is 93.7 Å². The fraction of sp³-hybridized carbons (Fsp3) is 0.114. The van der Waals surface area contributed by atoms with Gasteiger partial charge in [-0.2, -0.15) is 14.6 Å². The van der Waals surface area contributed by atoms with Crippen molar-refractivity contribution in [3.63, 3.8) is 0 Å². The normalized spacial score (nSPS) is 11.1. The number of fused-ring (bicyclic) bond motifs is 3. The topological polar surface area (TPSA) is 188 Å². The number of esters is 1. The molecule has 1 aliphatic rings. The zero-order valence-electron chi connectivity index (χ0n) is 33.2. The SMILES string of the molecule is COC(=O)c1cc(Br)cc2c1C=NC2.Cc1cccc(-n2cc3c(C(=O)O)cc(Br)cc3n2)n1.Cc1cccc(-n2ncc3c(C(=O)O)cc(Br)cc32)n1.Cc1cccc(F)n1. The lowest BCUT2D eigenvalue weighted by atomic mass is 10.0. The van der Waals surface area contributed by atoms with Gasteiger partial charge in [0.25, 0.3) is 0 Å². The fourth-order valence-corrected chi connectivity index (χ4v) is 7.52. The standard InChI is InChI=1S/2C14H10BrN3O2.C10H8BrNO2.C6H6FN/c1-8-3-2-4-13(16-8)18-7-11-10(14(19)20)5-9(15)6-12(11)17-18;1-8-3-2-4-13(17-8)18-12-6-9(15)5-10(14(19)20)11(12)7-16-18;1-14-10(13)8-3-7(11)2-6-4-12-5-9(6)8;1-5-3-2-4-6(7)8-5/h2*2-7H,1H3,(H,19,20);2-3,5H,4H2,1H3;2-4H,1H3. The highest BCUT2D eigenvalue weighted by molar-refractivity contribution is 9.11. The van der Waals surface area contributed by atoms with Gasteiger partial charge in [0.2, 0.25) is 5.95 Å². The quantitative estimate of drug-likeness (QED) is 0.123. The van der Waals surface area contributed by atoms with Crippen molar-refractivity contribution in [1.29, 1.82) is 0 Å². The summed E-state index contributed by atoms with van der Waals surface area (Å²) in [7, 11) is 1.38. The molecule has 0 aliphatic carbocycles. The van der Waals surface area contributed by atoms with E-state index in [1.165, 1.54) is 13.2 Å². The molecule has 9 rings (SSSR count). The average molecular weight is 1030 g/mol. The molecule has 14 nitrogen and oxygen atoms in total. The van der Waals surface area contributed by atoms with Crippen molar-refractivity contribution in [3.8, 4) is 11.6 Å². The van der Waals surface area contributed by atoms with Crippen LogP contribution in [-0.2, 0) is 11.3 Å². The van der Waals surface area contributed by atoms with E-state index < -0.39 is 17.9 Å². The van der Waals surface area contributed by atoms with Crippen molar-refractivity contribution in [3.05, 3.63) is 168 Å². The van der Waals surface area contributed by atoms with Crippen LogP contribution in [0.1, 0.15) is 59.3 Å². The molecule has 1 aliphatic heterocycles. The van der Waals surface area contributed by atoms with Crippen LogP contribution in [0.5, 0.6) is 0 Å². The predicted octanol–water partition coefficient (Wildman–Crippen LogP) is 10.1. The number of aryl methyl sites for hydroxylation is 3. The molecule has 0 unspecified atom stereocenters. The highest BCUT2D eigenvalue weighted by atomic mass is 79.9. The molecule has 0 fully saturated rings. The molecular weight excluding hydrogens is 995 g/mol. The Kier molecular flexibility index (Phi) is 14.5. The van der Waals surface area contributed by atoms with Crippen LogP contribution in [0, 0.1) is 26.7 Å². The highest BCUT2D eigenvalue weighted by Gasteiger charge is 2.19. The number of aromatic carboxylic acids is 2. The number of rotatable bonds is 5. The molecule has 0 bridgehead atoms. The van der Waals surface area contributed by atoms with Gasteiger partial charge in [-0.1, -0.05) is 66.0 Å². The van der Waals surface area contributed by atoms with E-state index >= 15 is 0 Å². The Morgan fingerprint density at radius 2 is 1.27 bits per heavy atom. The minimum Gasteiger partial charge on any atom is -0.478 e. The fourth-order valence-electron chi connectivity index (χ4n) is 6.12. The summed E-state index contributed by atoms with van der Waals surface area (Å²) in [5, 5.41) is 28.3. The molecular formula is C44H34Br3FN8O6. The monoisotopic (exact) mass is 1030 g/mol. The van der Waals surface area contributed by atoms with E-state index in [4.69, 9.17) is 4.74 Å². The molecule has 6 heterocycles. The first kappa shape index (κ1) is 45.0. The summed E-state index contributed by atoms with van der Waals surface area (Å²) in [4.78, 5) is 50.4. The smallest absolute Gasteiger partial charge is 0.338 e. The number of aromatic nitrogens is 7. The van der Waals surface area contributed by atoms with Crippen LogP contribution in [0.4, 0.5) is 4.39 Å². The summed E-state index contributed by atoms with van der Waals surface area (Å²) in [6, 6.07) is 26.4. The highest BCUT2D eigenvalue weighted by Crippen LogP contribution is 2.28. The van der Waals surface area contributed by atoms with E-state index in [-0.39, 0.29) is 17.1 Å². The number of carbonyl (C=O) groups is 3. The van der Waals surface area contributed by atoms with Crippen LogP contribution in [0.15, 0.2) is 122 Å². The molecule has 62 heavy (non-hydrogen) atoms. The number of methoxy groups -OCH3 is 1. The largest absolute Gasteiger partial charge is 0.478 e. The number of carboxylic acid groups (broad SMARTS) is 2. The van der Waals surface area contributed by atoms with Gasteiger partial charge in [-0.05, 0) is 99.1 Å². The molecule has 0 spiro atoms. The van der Waals surface area contributed by atoms with Crippen molar-refractivity contribution < 1.29 is 33.7 Å². The van der Waals surface area contributed by atoms with Crippen LogP contribution < -0.4 is 0 Å². The van der Waals surface area contributed by atoms with E-state index in [0.29, 0.717) is 60.2 Å². The van der Waals surface area contributed by atoms with E-state index in [0.717, 1.165) is 27.0 Å². The second kappa shape index (κ2) is 19.9. The molecule has 0 amide bonds. The summed E-state index contributed by atoms with van der Waals surface area (Å²) in [6.45, 7) is 6.18. The number of benzene rings is 3. The lowest BCUT2D eigenvalue weighted by Crippen LogP contribution is -2.06. The van der Waals surface area contributed by atoms with Gasteiger partial charge < -0.3 is 14.9 Å². The van der Waals surface area contributed by atoms with Gasteiger partial charge in [-0.15, -0.1) is 0 Å². The Bertz CT molecular complexity index is 2990. The lowest BCUT2D eigenvalue weighted by Gasteiger charge is -2.05. The molecule has 314 valence electrons. The van der Waals surface area contributed by atoms with Gasteiger partial charge in [-0.25, -0.2) is 38.7 Å². The second-order valence-corrected chi connectivity index (χ2v) is 16.1. The molecule has 0 atom stereocenters. The van der Waals surface area contributed by atoms with Crippen molar-refractivity contribution in [2.24, 2.45) is 4.99 Å². The maximum Gasteiger partial charge on any atom is 0.338 e. The van der Waals surface area contributed by atoms with E-state index in [1.54, 1.807) is 71.3 Å². The number of aliphatic imine (C=N–C) groups is 1. The van der Waals surface area contributed by atoms with Crippen LogP contribution in [0.2, 0.25) is 0 Å². The summed E-state index contributed by atoms with van der Waals surface area (Å²) >= 11 is 9.98. The number of halogens is 4. The van der Waals surface area contributed by atoms with Gasteiger partial charge in [0.1, 0.15) is 0 Å². The summed E-state index contributed by atoms with van der Waals surface area (Å²) in [6.07, 6.45) is 4.95. The number of hydrogen-bond donors (Lipinski definition) is 2. The van der Waals surface area contributed by atoms with Gasteiger partial charge in [0, 0.05) is 59.2 Å². The van der Waals surface area contributed by atoms with Crippen LogP contribution in [0.3, 0.4) is 0 Å². The van der Waals surface area contributed by atoms with Gasteiger partial charge in [-0.3, -0.25) is 4.99 Å². The van der Waals surface area contributed by atoms with Crippen LogP contribution in [-0.4, -0.2) is 76.0 Å². The van der Waals surface area contributed by atoms with E-state index in [9.17, 15) is 29.0 Å². The number of ether oxygens (including phenoxy) is 1. The number of nitrogens with zero attached hydrogens (tertiary/aromatic N) is 8. The second-order valence-electron chi connectivity index (χ2n) is 13.4. The summed E-state index contributed by atoms with van der Waals surface area (Å²) in [5.41, 5.74) is 6.71. The lowest BCUT2D eigenvalue weighted by molar-refractivity contribution is 0.0598. The van der Waals surface area contributed by atoms with E-state index in [2.05, 4.69) is 77.9 Å². The summed E-state index contributed by atoms with van der Waals surface area (Å²) < 4.78 is 22.2. The molecule has 8 aromatic rings. The van der Waals surface area contributed by atoms with Crippen molar-refractivity contribution in [2.45, 2.75) is 27.3 Å². The molecule has 3 aromatic carbocycles. The Morgan fingerprint density at radius 3 is 1.87 bits per heavy atom. The third-order valence-corrected chi connectivity index (χ3v) is 10.2. The molecule has 0 saturated heterocycles. The summed E-state index contributed by atoms with van der Waals surface area (Å²) in [5.74, 6) is -1.37. The zero-order chi connectivity index (χ0) is 44.7. The number of carbonyl (C=O) groups excluding carboxylic acids is 1. The first-order valence-corrected chi connectivity index (χ1v) is 20.7. The number of carboxylic acids is 2. The van der Waals surface area contributed by atoms with Gasteiger partial charge >= 0.3 is 17.9 Å². The third kappa shape index (κ3) is 10.9. The minimum absolute atomic E-state index is 0.216. The average Bonchev–Trinajstić information content (AvgIpc) is 3.99. The predicted molar refractivity (Wildman–Crippen MR) is 242 cm³/mol. The first-order chi connectivity index (χ1) is 29.6. The molecule has 18 heteroatoms. The minimum atomic E-state index is -0.979. The van der Waals surface area contributed by atoms with Crippen LogP contribution >= 0.6 is 47.8 Å². The Labute approximate surface area is 378 Å². The Morgan fingerprint density at radius 1 is 0.710 bits per heavy atom. The third-order valence-electron chi connectivity index (χ3n) is 8.88. The van der Waals surface area contributed by atoms with Crippen molar-refractivity contribution in [2.75, 3.05) is 7.11 Å². The zero-order valence-corrected chi connectivity index (χ0v) is 38.0. The van der Waals surface area contributed by atoms with E-state index in [1.807, 2.05) is 62.4 Å².